The number of carbonyl (C=O) groups is 1. The molecule has 7 nitrogen and oxygen atoms in total. The zero-order chi connectivity index (χ0) is 25.9. The average Bonchev–Trinajstić information content (AvgIpc) is 2.92. The van der Waals surface area contributed by atoms with Crippen molar-refractivity contribution in [2.75, 3.05) is 44.7 Å². The summed E-state index contributed by atoms with van der Waals surface area (Å²) in [5.41, 5.74) is 2.50. The van der Waals surface area contributed by atoms with E-state index in [2.05, 4.69) is 16.8 Å². The van der Waals surface area contributed by atoms with Gasteiger partial charge in [0.05, 0.1) is 23.7 Å². The second-order valence-corrected chi connectivity index (χ2v) is 9.60. The number of likely N-dealkylation sites (N-methyl/N-ethyl adjacent to an activating group) is 1. The minimum absolute atomic E-state index is 0.0428. The number of rotatable bonds is 6. The van der Waals surface area contributed by atoms with Crippen molar-refractivity contribution in [1.82, 2.24) is 19.8 Å². The van der Waals surface area contributed by atoms with Gasteiger partial charge in [0.15, 0.2) is 11.6 Å². The van der Waals surface area contributed by atoms with Crippen molar-refractivity contribution < 1.29 is 18.3 Å². The lowest BCUT2D eigenvalue weighted by atomic mass is 9.94. The minimum Gasteiger partial charge on any atom is -0.438 e. The molecule has 1 saturated heterocycles. The summed E-state index contributed by atoms with van der Waals surface area (Å²) in [6.07, 6.45) is 1.24. The number of hydrogen-bond acceptors (Lipinski definition) is 6. The van der Waals surface area contributed by atoms with Gasteiger partial charge >= 0.3 is 0 Å². The number of halogens is 2. The largest absolute Gasteiger partial charge is 0.438 e. The first-order valence-electron chi connectivity index (χ1n) is 12.7. The number of fused-ring (bicyclic) bond motifs is 1. The van der Waals surface area contributed by atoms with E-state index in [1.54, 1.807) is 0 Å². The van der Waals surface area contributed by atoms with Crippen LogP contribution in [0.5, 0.6) is 11.6 Å². The van der Waals surface area contributed by atoms with Crippen LogP contribution in [0.2, 0.25) is 0 Å². The monoisotopic (exact) mass is 507 g/mol. The Labute approximate surface area is 215 Å². The SMILES string of the molecule is CC[C@@H](C(=O)N1CCc2nc(N3CCN(C)CC3)nc(Oc3ccc(F)c(F)c3)c2C1)c1ccccc1. The molecule has 37 heavy (non-hydrogen) atoms. The number of aromatic nitrogens is 2. The molecule has 0 N–H and O–H groups in total. The lowest BCUT2D eigenvalue weighted by Crippen LogP contribution is -2.45. The fraction of sp³-hybridized carbons (Fsp3) is 0.393. The molecular weight excluding hydrogens is 476 g/mol. The summed E-state index contributed by atoms with van der Waals surface area (Å²) in [5.74, 6) is -1.17. The fourth-order valence-electron chi connectivity index (χ4n) is 4.90. The topological polar surface area (TPSA) is 61.8 Å². The molecule has 3 heterocycles. The zero-order valence-electron chi connectivity index (χ0n) is 21.2. The second-order valence-electron chi connectivity index (χ2n) is 9.60. The second kappa shape index (κ2) is 10.8. The summed E-state index contributed by atoms with van der Waals surface area (Å²) in [7, 11) is 2.08. The molecule has 0 aliphatic carbocycles. The molecule has 1 atom stereocenters. The van der Waals surface area contributed by atoms with Gasteiger partial charge in [-0.3, -0.25) is 4.79 Å². The predicted molar refractivity (Wildman–Crippen MR) is 137 cm³/mol. The molecule has 0 spiro atoms. The van der Waals surface area contributed by atoms with Crippen LogP contribution in [0.25, 0.3) is 0 Å². The maximum Gasteiger partial charge on any atom is 0.230 e. The van der Waals surface area contributed by atoms with E-state index in [0.717, 1.165) is 49.6 Å². The molecule has 1 aromatic heterocycles. The van der Waals surface area contributed by atoms with Gasteiger partial charge in [0, 0.05) is 45.2 Å². The number of nitrogens with zero attached hydrogens (tertiary/aromatic N) is 5. The van der Waals surface area contributed by atoms with Crippen LogP contribution in [0, 0.1) is 11.6 Å². The highest BCUT2D eigenvalue weighted by Crippen LogP contribution is 2.34. The first-order chi connectivity index (χ1) is 17.9. The first kappa shape index (κ1) is 25.1. The van der Waals surface area contributed by atoms with Crippen molar-refractivity contribution in [3.8, 4) is 11.6 Å². The van der Waals surface area contributed by atoms with E-state index in [1.165, 1.54) is 6.07 Å². The minimum atomic E-state index is -0.995. The van der Waals surface area contributed by atoms with Gasteiger partial charge in [-0.2, -0.15) is 4.98 Å². The molecule has 1 amide bonds. The standard InChI is InChI=1S/C28H31F2N5O2/c1-3-21(19-7-5-4-6-8-19)27(36)35-12-11-25-22(18-35)26(37-20-9-10-23(29)24(30)17-20)32-28(31-25)34-15-13-33(2)14-16-34/h4-10,17,21H,3,11-16,18H2,1-2H3/t21-/m1/s1. The molecule has 5 rings (SSSR count). The van der Waals surface area contributed by atoms with Gasteiger partial charge in [-0.15, -0.1) is 0 Å². The van der Waals surface area contributed by atoms with Crippen molar-refractivity contribution in [2.45, 2.75) is 32.2 Å². The third-order valence-corrected chi connectivity index (χ3v) is 7.12. The highest BCUT2D eigenvalue weighted by atomic mass is 19.2. The van der Waals surface area contributed by atoms with Gasteiger partial charge in [-0.25, -0.2) is 13.8 Å². The molecule has 2 aromatic carbocycles. The molecular formula is C28H31F2N5O2. The zero-order valence-corrected chi connectivity index (χ0v) is 21.2. The molecule has 0 saturated carbocycles. The van der Waals surface area contributed by atoms with Crippen molar-refractivity contribution >= 4 is 11.9 Å². The Kier molecular flexibility index (Phi) is 7.32. The Balaban J connectivity index is 1.47. The molecule has 0 radical (unpaired) electrons. The van der Waals surface area contributed by atoms with Crippen LogP contribution in [-0.4, -0.2) is 65.4 Å². The highest BCUT2D eigenvalue weighted by molar-refractivity contribution is 5.84. The number of benzene rings is 2. The summed E-state index contributed by atoms with van der Waals surface area (Å²) < 4.78 is 33.5. The Bertz CT molecular complexity index is 1260. The molecule has 1 fully saturated rings. The quantitative estimate of drug-likeness (QED) is 0.494. The Morgan fingerprint density at radius 1 is 1.00 bits per heavy atom. The van der Waals surface area contributed by atoms with Crippen LogP contribution < -0.4 is 9.64 Å². The third-order valence-electron chi connectivity index (χ3n) is 7.12. The predicted octanol–water partition coefficient (Wildman–Crippen LogP) is 4.38. The van der Waals surface area contributed by atoms with Gasteiger partial charge in [-0.05, 0) is 31.2 Å². The van der Waals surface area contributed by atoms with E-state index in [4.69, 9.17) is 14.7 Å². The molecule has 9 heteroatoms. The van der Waals surface area contributed by atoms with Crippen LogP contribution in [0.1, 0.15) is 36.1 Å². The Morgan fingerprint density at radius 3 is 2.46 bits per heavy atom. The summed E-state index contributed by atoms with van der Waals surface area (Å²) in [5, 5.41) is 0. The summed E-state index contributed by atoms with van der Waals surface area (Å²) in [4.78, 5) is 29.3. The van der Waals surface area contributed by atoms with Crippen LogP contribution in [0.15, 0.2) is 48.5 Å². The molecule has 0 bridgehead atoms. The average molecular weight is 508 g/mol. The van der Waals surface area contributed by atoms with E-state index in [-0.39, 0.29) is 23.5 Å². The van der Waals surface area contributed by atoms with Crippen molar-refractivity contribution in [1.29, 1.82) is 0 Å². The number of piperazine rings is 1. The number of amides is 1. The van der Waals surface area contributed by atoms with Gasteiger partial charge in [-0.1, -0.05) is 37.3 Å². The fourth-order valence-corrected chi connectivity index (χ4v) is 4.90. The van der Waals surface area contributed by atoms with E-state index >= 15 is 0 Å². The molecule has 3 aromatic rings. The maximum atomic E-state index is 13.9. The highest BCUT2D eigenvalue weighted by Gasteiger charge is 2.31. The molecule has 2 aliphatic rings. The molecule has 0 unspecified atom stereocenters. The van der Waals surface area contributed by atoms with Crippen LogP contribution in [0.3, 0.4) is 0 Å². The number of anilines is 1. The van der Waals surface area contributed by atoms with Crippen molar-refractivity contribution in [3.05, 3.63) is 77.0 Å². The number of ether oxygens (including phenoxy) is 1. The van der Waals surface area contributed by atoms with E-state index in [1.807, 2.05) is 42.2 Å². The van der Waals surface area contributed by atoms with Crippen molar-refractivity contribution in [3.63, 3.8) is 0 Å². The Hall–Kier alpha value is -3.59. The van der Waals surface area contributed by atoms with E-state index in [9.17, 15) is 13.6 Å². The van der Waals surface area contributed by atoms with Gasteiger partial charge in [0.2, 0.25) is 17.7 Å². The van der Waals surface area contributed by atoms with Crippen LogP contribution in [-0.2, 0) is 17.8 Å². The summed E-state index contributed by atoms with van der Waals surface area (Å²) in [6.45, 7) is 6.18. The lowest BCUT2D eigenvalue weighted by molar-refractivity contribution is -0.133. The maximum absolute atomic E-state index is 13.9. The molecule has 194 valence electrons. The van der Waals surface area contributed by atoms with Gasteiger partial charge in [0.1, 0.15) is 5.75 Å². The Morgan fingerprint density at radius 2 is 1.76 bits per heavy atom. The van der Waals surface area contributed by atoms with Crippen LogP contribution >= 0.6 is 0 Å². The first-order valence-corrected chi connectivity index (χ1v) is 12.7. The molecule has 2 aliphatic heterocycles. The third kappa shape index (κ3) is 5.41. The smallest absolute Gasteiger partial charge is 0.230 e. The number of carbonyl (C=O) groups excluding carboxylic acids is 1. The normalized spacial score (nSPS) is 16.9. The lowest BCUT2D eigenvalue weighted by Gasteiger charge is -2.35. The van der Waals surface area contributed by atoms with Crippen molar-refractivity contribution in [2.24, 2.45) is 0 Å². The van der Waals surface area contributed by atoms with Gasteiger partial charge < -0.3 is 19.4 Å². The van der Waals surface area contributed by atoms with E-state index < -0.39 is 11.6 Å². The number of hydrogen-bond donors (Lipinski definition) is 0. The van der Waals surface area contributed by atoms with Crippen LogP contribution in [0.4, 0.5) is 14.7 Å². The van der Waals surface area contributed by atoms with E-state index in [0.29, 0.717) is 37.4 Å². The van der Waals surface area contributed by atoms with Gasteiger partial charge in [0.25, 0.3) is 0 Å². The summed E-state index contributed by atoms with van der Waals surface area (Å²) in [6, 6.07) is 13.2. The summed E-state index contributed by atoms with van der Waals surface area (Å²) >= 11 is 0.